The van der Waals surface area contributed by atoms with Crippen LogP contribution in [0.2, 0.25) is 0 Å². The van der Waals surface area contributed by atoms with Crippen LogP contribution >= 0.6 is 22.9 Å². The maximum absolute atomic E-state index is 11.9. The van der Waals surface area contributed by atoms with Gasteiger partial charge in [0.25, 0.3) is 5.91 Å². The van der Waals surface area contributed by atoms with Crippen LogP contribution in [0.1, 0.15) is 25.1 Å². The van der Waals surface area contributed by atoms with Crippen molar-refractivity contribution in [3.8, 4) is 11.8 Å². The van der Waals surface area contributed by atoms with Crippen LogP contribution in [0.15, 0.2) is 12.1 Å². The van der Waals surface area contributed by atoms with Gasteiger partial charge in [0.2, 0.25) is 0 Å². The number of nitrogens with two attached hydrogens (primary N) is 1. The number of amides is 1. The molecular weight excluding hydrogens is 280 g/mol. The van der Waals surface area contributed by atoms with Gasteiger partial charge in [-0.2, -0.15) is 0 Å². The summed E-state index contributed by atoms with van der Waals surface area (Å²) >= 11 is 2.65. The van der Waals surface area contributed by atoms with Crippen LogP contribution in [-0.2, 0) is 6.54 Å². The van der Waals surface area contributed by atoms with Gasteiger partial charge in [-0.1, -0.05) is 16.3 Å². The molecule has 2 heterocycles. The fourth-order valence-corrected chi connectivity index (χ4v) is 2.76. The molecule has 7 heteroatoms. The van der Waals surface area contributed by atoms with E-state index in [0.717, 1.165) is 21.3 Å². The van der Waals surface area contributed by atoms with Gasteiger partial charge in [-0.25, -0.2) is 0 Å². The van der Waals surface area contributed by atoms with E-state index in [1.807, 2.05) is 12.1 Å². The summed E-state index contributed by atoms with van der Waals surface area (Å²) in [6.07, 6.45) is 0. The van der Waals surface area contributed by atoms with Crippen LogP contribution in [0, 0.1) is 18.8 Å². The van der Waals surface area contributed by atoms with Crippen LogP contribution in [-0.4, -0.2) is 22.0 Å². The third-order valence-electron chi connectivity index (χ3n) is 2.26. The molecule has 0 bridgehead atoms. The molecule has 2 aromatic rings. The van der Waals surface area contributed by atoms with Crippen molar-refractivity contribution in [2.45, 2.75) is 13.5 Å². The van der Waals surface area contributed by atoms with Gasteiger partial charge in [-0.05, 0) is 30.6 Å². The van der Waals surface area contributed by atoms with Gasteiger partial charge in [0.15, 0.2) is 0 Å². The summed E-state index contributed by atoms with van der Waals surface area (Å²) in [4.78, 5) is 14.4. The highest BCUT2D eigenvalue weighted by molar-refractivity contribution is 7.12. The average Bonchev–Trinajstić information content (AvgIpc) is 3.02. The summed E-state index contributed by atoms with van der Waals surface area (Å²) < 4.78 is 3.74. The lowest BCUT2D eigenvalue weighted by molar-refractivity contribution is 0.0954. The van der Waals surface area contributed by atoms with E-state index in [9.17, 15) is 4.79 Å². The molecule has 0 fully saturated rings. The second kappa shape index (κ2) is 6.43. The number of nitrogens with one attached hydrogen (secondary N) is 1. The molecule has 98 valence electrons. The molecule has 0 unspecified atom stereocenters. The van der Waals surface area contributed by atoms with Crippen LogP contribution in [0.25, 0.3) is 0 Å². The fraction of sp³-hybridized carbons (Fsp3) is 0.250. The summed E-state index contributed by atoms with van der Waals surface area (Å²) in [5.74, 6) is 5.62. The predicted octanol–water partition coefficient (Wildman–Crippen LogP) is 1.15. The number of nitrogens with zero attached hydrogens (tertiary/aromatic N) is 2. The third kappa shape index (κ3) is 3.61. The van der Waals surface area contributed by atoms with Crippen LogP contribution in [0.3, 0.4) is 0 Å². The molecule has 0 aliphatic rings. The Labute approximate surface area is 119 Å². The number of carbonyl (C=O) groups excluding carboxylic acids is 1. The molecule has 0 saturated carbocycles. The van der Waals surface area contributed by atoms with Crippen molar-refractivity contribution in [2.75, 3.05) is 6.54 Å². The molecule has 0 saturated heterocycles. The zero-order chi connectivity index (χ0) is 13.7. The third-order valence-corrected chi connectivity index (χ3v) is 4.08. The average molecular weight is 292 g/mol. The highest BCUT2D eigenvalue weighted by Crippen LogP contribution is 2.15. The highest BCUT2D eigenvalue weighted by atomic mass is 32.1. The van der Waals surface area contributed by atoms with E-state index in [2.05, 4.69) is 26.7 Å². The number of hydrogen-bond donors (Lipinski definition) is 2. The zero-order valence-corrected chi connectivity index (χ0v) is 11.9. The van der Waals surface area contributed by atoms with Crippen molar-refractivity contribution in [3.63, 3.8) is 0 Å². The lowest BCUT2D eigenvalue weighted by atomic mass is 10.3. The minimum Gasteiger partial charge on any atom is -0.346 e. The lowest BCUT2D eigenvalue weighted by Crippen LogP contribution is -2.22. The molecule has 0 aromatic carbocycles. The zero-order valence-electron chi connectivity index (χ0n) is 10.3. The minimum absolute atomic E-state index is 0.143. The van der Waals surface area contributed by atoms with Gasteiger partial charge in [0.1, 0.15) is 4.88 Å². The molecule has 0 aliphatic heterocycles. The number of rotatable bonds is 3. The molecule has 5 nitrogen and oxygen atoms in total. The van der Waals surface area contributed by atoms with Gasteiger partial charge in [0.05, 0.1) is 23.7 Å². The SMILES string of the molecule is Cc1nnsc1C(=O)NCc1ccc(C#CCN)s1. The Morgan fingerprint density at radius 3 is 3.05 bits per heavy atom. The van der Waals surface area contributed by atoms with Gasteiger partial charge < -0.3 is 11.1 Å². The van der Waals surface area contributed by atoms with Crippen LogP contribution in [0.5, 0.6) is 0 Å². The predicted molar refractivity (Wildman–Crippen MR) is 76.1 cm³/mol. The van der Waals surface area contributed by atoms with Gasteiger partial charge in [0, 0.05) is 4.88 Å². The number of thiophene rings is 1. The Kier molecular flexibility index (Phi) is 4.63. The quantitative estimate of drug-likeness (QED) is 0.832. The van der Waals surface area contributed by atoms with Crippen LogP contribution < -0.4 is 11.1 Å². The topological polar surface area (TPSA) is 80.9 Å². The van der Waals surface area contributed by atoms with E-state index in [1.165, 1.54) is 0 Å². The summed E-state index contributed by atoms with van der Waals surface area (Å²) in [6.45, 7) is 2.59. The summed E-state index contributed by atoms with van der Waals surface area (Å²) in [5.41, 5.74) is 5.97. The Balaban J connectivity index is 1.94. The van der Waals surface area contributed by atoms with Gasteiger partial charge in [-0.3, -0.25) is 4.79 Å². The highest BCUT2D eigenvalue weighted by Gasteiger charge is 2.12. The summed E-state index contributed by atoms with van der Waals surface area (Å²) in [7, 11) is 0. The molecule has 0 radical (unpaired) electrons. The maximum Gasteiger partial charge on any atom is 0.265 e. The van der Waals surface area contributed by atoms with Crippen molar-refractivity contribution < 1.29 is 4.79 Å². The second-order valence-corrected chi connectivity index (χ2v) is 5.56. The first kappa shape index (κ1) is 13.7. The Morgan fingerprint density at radius 2 is 2.37 bits per heavy atom. The monoisotopic (exact) mass is 292 g/mol. The van der Waals surface area contributed by atoms with Gasteiger partial charge >= 0.3 is 0 Å². The molecular formula is C12H12N4OS2. The fourth-order valence-electron chi connectivity index (χ4n) is 1.37. The van der Waals surface area contributed by atoms with E-state index in [4.69, 9.17) is 5.73 Å². The first-order valence-electron chi connectivity index (χ1n) is 5.55. The van der Waals surface area contributed by atoms with Gasteiger partial charge in [-0.15, -0.1) is 16.4 Å². The Hall–Kier alpha value is -1.75. The van der Waals surface area contributed by atoms with Crippen molar-refractivity contribution in [1.82, 2.24) is 14.9 Å². The van der Waals surface area contributed by atoms with E-state index < -0.39 is 0 Å². The molecule has 1 amide bonds. The van der Waals surface area contributed by atoms with Crippen molar-refractivity contribution in [2.24, 2.45) is 5.73 Å². The molecule has 2 aromatic heterocycles. The Morgan fingerprint density at radius 1 is 1.53 bits per heavy atom. The summed E-state index contributed by atoms with van der Waals surface area (Å²) in [6, 6.07) is 3.87. The lowest BCUT2D eigenvalue weighted by Gasteiger charge is -2.00. The molecule has 0 spiro atoms. The maximum atomic E-state index is 11.9. The van der Waals surface area contributed by atoms with E-state index >= 15 is 0 Å². The van der Waals surface area contributed by atoms with Crippen molar-refractivity contribution in [1.29, 1.82) is 0 Å². The number of aryl methyl sites for hydroxylation is 1. The summed E-state index contributed by atoms with van der Waals surface area (Å²) in [5, 5.41) is 6.65. The molecule has 0 aliphatic carbocycles. The minimum atomic E-state index is -0.143. The molecule has 0 atom stereocenters. The first-order chi connectivity index (χ1) is 9.20. The number of carbonyl (C=O) groups is 1. The normalized spacial score (nSPS) is 9.79. The number of hydrogen-bond acceptors (Lipinski definition) is 6. The molecule has 2 rings (SSSR count). The van der Waals surface area contributed by atoms with Crippen molar-refractivity contribution in [3.05, 3.63) is 32.5 Å². The molecule has 19 heavy (non-hydrogen) atoms. The largest absolute Gasteiger partial charge is 0.346 e. The Bertz CT molecular complexity index is 635. The number of aromatic nitrogens is 2. The smallest absolute Gasteiger partial charge is 0.265 e. The second-order valence-electron chi connectivity index (χ2n) is 3.64. The molecule has 3 N–H and O–H groups in total. The standard InChI is InChI=1S/C12H12N4OS2/c1-8-11(19-16-15-8)12(17)14-7-10-5-4-9(18-10)3-2-6-13/h4-5H,6-7,13H2,1H3,(H,14,17). The van der Waals surface area contributed by atoms with Crippen molar-refractivity contribution >= 4 is 28.8 Å². The van der Waals surface area contributed by atoms with Crippen LogP contribution in [0.4, 0.5) is 0 Å². The van der Waals surface area contributed by atoms with E-state index in [-0.39, 0.29) is 5.91 Å². The van der Waals surface area contributed by atoms with E-state index in [1.54, 1.807) is 18.3 Å². The van der Waals surface area contributed by atoms with E-state index in [0.29, 0.717) is 23.7 Å². The first-order valence-corrected chi connectivity index (χ1v) is 7.14.